The summed E-state index contributed by atoms with van der Waals surface area (Å²) in [7, 11) is 0. The van der Waals surface area contributed by atoms with Crippen LogP contribution in [0, 0.1) is 6.92 Å². The van der Waals surface area contributed by atoms with E-state index >= 15 is 0 Å². The normalized spacial score (nSPS) is 10.0. The molecule has 0 bridgehead atoms. The van der Waals surface area contributed by atoms with E-state index in [4.69, 9.17) is 18.0 Å². The van der Waals surface area contributed by atoms with Crippen molar-refractivity contribution in [1.29, 1.82) is 0 Å². The van der Waals surface area contributed by atoms with Crippen LogP contribution >= 0.6 is 28.1 Å². The number of thiocarbonyl (C=S) groups is 1. The van der Waals surface area contributed by atoms with Crippen LogP contribution in [0.5, 0.6) is 0 Å². The summed E-state index contributed by atoms with van der Waals surface area (Å²) in [6.45, 7) is 2.10. The van der Waals surface area contributed by atoms with E-state index in [2.05, 4.69) is 28.9 Å². The minimum absolute atomic E-state index is 0.583. The summed E-state index contributed by atoms with van der Waals surface area (Å²) in [5.41, 5.74) is 8.03. The lowest BCUT2D eigenvalue weighted by molar-refractivity contribution is 1.02. The highest BCUT2D eigenvalue weighted by Gasteiger charge is 2.01. The maximum atomic E-state index is 5.45. The minimum Gasteiger partial charge on any atom is -0.393 e. The molecule has 0 saturated heterocycles. The topological polar surface area (TPSA) is 26.0 Å². The third kappa shape index (κ3) is 3.08. The lowest BCUT2D eigenvalue weighted by Crippen LogP contribution is -2.09. The Balaban J connectivity index is 2.77. The van der Waals surface area contributed by atoms with Gasteiger partial charge < -0.3 is 5.73 Å². The maximum Gasteiger partial charge on any atom is 0.0730 e. The number of nitrogens with two attached hydrogens (primary N) is 1. The van der Waals surface area contributed by atoms with Crippen LogP contribution in [0.25, 0.3) is 0 Å². The first-order valence-corrected chi connectivity index (χ1v) is 5.33. The van der Waals surface area contributed by atoms with Crippen molar-refractivity contribution in [2.75, 3.05) is 0 Å². The molecule has 0 fully saturated rings. The molecule has 0 saturated carbocycles. The fourth-order valence-electron chi connectivity index (χ4n) is 1.18. The van der Waals surface area contributed by atoms with Crippen LogP contribution in [0.15, 0.2) is 22.7 Å². The van der Waals surface area contributed by atoms with Gasteiger partial charge in [-0.3, -0.25) is 0 Å². The first-order valence-electron chi connectivity index (χ1n) is 4.13. The molecule has 0 heterocycles. The third-order valence-electron chi connectivity index (χ3n) is 2.02. The van der Waals surface area contributed by atoms with E-state index in [0.717, 1.165) is 17.3 Å². The molecule has 13 heavy (non-hydrogen) atoms. The molecule has 1 rings (SSSR count). The van der Waals surface area contributed by atoms with Crippen molar-refractivity contribution < 1.29 is 0 Å². The SMILES string of the molecule is Cc1c(Br)cccc1CCC(N)=S. The Labute approximate surface area is 92.5 Å². The van der Waals surface area contributed by atoms with Gasteiger partial charge in [-0.1, -0.05) is 40.3 Å². The maximum absolute atomic E-state index is 5.45. The Morgan fingerprint density at radius 3 is 2.85 bits per heavy atom. The Morgan fingerprint density at radius 2 is 2.23 bits per heavy atom. The second-order valence-electron chi connectivity index (χ2n) is 2.99. The van der Waals surface area contributed by atoms with Gasteiger partial charge in [-0.05, 0) is 30.5 Å². The second kappa shape index (κ2) is 4.72. The number of aryl methyl sites for hydroxylation is 1. The minimum atomic E-state index is 0.583. The van der Waals surface area contributed by atoms with Crippen LogP contribution in [0.3, 0.4) is 0 Å². The number of rotatable bonds is 3. The molecule has 0 aliphatic carbocycles. The van der Waals surface area contributed by atoms with Crippen molar-refractivity contribution in [2.45, 2.75) is 19.8 Å². The van der Waals surface area contributed by atoms with E-state index < -0.39 is 0 Å². The van der Waals surface area contributed by atoms with Gasteiger partial charge in [0.15, 0.2) is 0 Å². The largest absolute Gasteiger partial charge is 0.393 e. The Bertz CT molecular complexity index is 323. The van der Waals surface area contributed by atoms with Crippen LogP contribution in [-0.4, -0.2) is 4.99 Å². The molecule has 0 amide bonds. The van der Waals surface area contributed by atoms with Gasteiger partial charge >= 0.3 is 0 Å². The molecule has 70 valence electrons. The zero-order chi connectivity index (χ0) is 9.84. The molecule has 0 atom stereocenters. The fraction of sp³-hybridized carbons (Fsp3) is 0.300. The zero-order valence-corrected chi connectivity index (χ0v) is 9.91. The highest BCUT2D eigenvalue weighted by molar-refractivity contribution is 9.10. The third-order valence-corrected chi connectivity index (χ3v) is 3.08. The van der Waals surface area contributed by atoms with Gasteiger partial charge in [0.25, 0.3) is 0 Å². The molecule has 0 unspecified atom stereocenters. The molecular formula is C10H12BrNS. The van der Waals surface area contributed by atoms with Crippen LogP contribution in [-0.2, 0) is 6.42 Å². The zero-order valence-electron chi connectivity index (χ0n) is 7.51. The van der Waals surface area contributed by atoms with E-state index in [1.807, 2.05) is 12.1 Å². The van der Waals surface area contributed by atoms with E-state index in [1.54, 1.807) is 0 Å². The summed E-state index contributed by atoms with van der Waals surface area (Å²) in [6.07, 6.45) is 1.72. The van der Waals surface area contributed by atoms with Crippen molar-refractivity contribution in [3.8, 4) is 0 Å². The van der Waals surface area contributed by atoms with Crippen molar-refractivity contribution in [1.82, 2.24) is 0 Å². The van der Waals surface area contributed by atoms with Crippen molar-refractivity contribution >= 4 is 33.1 Å². The molecule has 1 aromatic carbocycles. The van der Waals surface area contributed by atoms with Gasteiger partial charge in [0.2, 0.25) is 0 Å². The highest BCUT2D eigenvalue weighted by atomic mass is 79.9. The fourth-order valence-corrected chi connectivity index (χ4v) is 1.69. The lowest BCUT2D eigenvalue weighted by Gasteiger charge is -2.06. The van der Waals surface area contributed by atoms with E-state index in [9.17, 15) is 0 Å². The van der Waals surface area contributed by atoms with E-state index in [-0.39, 0.29) is 0 Å². The smallest absolute Gasteiger partial charge is 0.0730 e. The standard InChI is InChI=1S/C10H12BrNS/c1-7-8(5-6-10(12)13)3-2-4-9(7)11/h2-4H,5-6H2,1H3,(H2,12,13). The predicted molar refractivity (Wildman–Crippen MR) is 64.0 cm³/mol. The van der Waals surface area contributed by atoms with Crippen molar-refractivity contribution in [3.05, 3.63) is 33.8 Å². The first-order chi connectivity index (χ1) is 6.11. The summed E-state index contributed by atoms with van der Waals surface area (Å²) >= 11 is 8.33. The summed E-state index contributed by atoms with van der Waals surface area (Å²) in [5, 5.41) is 0. The molecule has 1 nitrogen and oxygen atoms in total. The van der Waals surface area contributed by atoms with Gasteiger partial charge in [-0.2, -0.15) is 0 Å². The number of benzene rings is 1. The molecular weight excluding hydrogens is 246 g/mol. The van der Waals surface area contributed by atoms with Crippen LogP contribution in [0.4, 0.5) is 0 Å². The van der Waals surface area contributed by atoms with E-state index in [1.165, 1.54) is 11.1 Å². The summed E-state index contributed by atoms with van der Waals surface area (Å²) in [4.78, 5) is 0.583. The summed E-state index contributed by atoms with van der Waals surface area (Å²) in [5.74, 6) is 0. The number of halogens is 1. The molecule has 0 spiro atoms. The second-order valence-corrected chi connectivity index (χ2v) is 4.37. The molecule has 2 N–H and O–H groups in total. The van der Waals surface area contributed by atoms with Gasteiger partial charge in [0.1, 0.15) is 0 Å². The lowest BCUT2D eigenvalue weighted by atomic mass is 10.0. The number of hydrogen-bond donors (Lipinski definition) is 1. The number of hydrogen-bond acceptors (Lipinski definition) is 1. The molecule has 0 aliphatic heterocycles. The van der Waals surface area contributed by atoms with E-state index in [0.29, 0.717) is 4.99 Å². The van der Waals surface area contributed by atoms with Crippen LogP contribution in [0.2, 0.25) is 0 Å². The predicted octanol–water partition coefficient (Wildman–Crippen LogP) is 2.98. The summed E-state index contributed by atoms with van der Waals surface area (Å²) in [6, 6.07) is 6.18. The molecule has 0 aliphatic rings. The van der Waals surface area contributed by atoms with Crippen LogP contribution in [0.1, 0.15) is 17.5 Å². The monoisotopic (exact) mass is 257 g/mol. The summed E-state index contributed by atoms with van der Waals surface area (Å²) < 4.78 is 1.15. The van der Waals surface area contributed by atoms with Crippen LogP contribution < -0.4 is 5.73 Å². The Kier molecular flexibility index (Phi) is 3.88. The van der Waals surface area contributed by atoms with Gasteiger partial charge in [0, 0.05) is 10.9 Å². The van der Waals surface area contributed by atoms with Gasteiger partial charge in [-0.25, -0.2) is 0 Å². The van der Waals surface area contributed by atoms with Crippen molar-refractivity contribution in [3.63, 3.8) is 0 Å². The van der Waals surface area contributed by atoms with Gasteiger partial charge in [-0.15, -0.1) is 0 Å². The quantitative estimate of drug-likeness (QED) is 0.843. The highest BCUT2D eigenvalue weighted by Crippen LogP contribution is 2.20. The van der Waals surface area contributed by atoms with Crippen molar-refractivity contribution in [2.24, 2.45) is 5.73 Å². The molecule has 3 heteroatoms. The average molecular weight is 258 g/mol. The van der Waals surface area contributed by atoms with Gasteiger partial charge in [0.05, 0.1) is 4.99 Å². The molecule has 0 aromatic heterocycles. The molecule has 0 radical (unpaired) electrons. The Hall–Kier alpha value is -0.410. The first kappa shape index (κ1) is 10.7. The average Bonchev–Trinajstić information content (AvgIpc) is 2.07. The Morgan fingerprint density at radius 1 is 1.54 bits per heavy atom. The molecule has 1 aromatic rings.